The first-order valence-electron chi connectivity index (χ1n) is 4.59. The van der Waals surface area contributed by atoms with Crippen molar-refractivity contribution in [3.05, 3.63) is 26.8 Å². The normalized spacial score (nSPS) is 10.1. The van der Waals surface area contributed by atoms with Gasteiger partial charge in [-0.3, -0.25) is 4.79 Å². The molecule has 0 radical (unpaired) electrons. The fraction of sp³-hybridized carbons (Fsp3) is 0.300. The van der Waals surface area contributed by atoms with Crippen molar-refractivity contribution in [2.75, 3.05) is 18.4 Å². The summed E-state index contributed by atoms with van der Waals surface area (Å²) in [7, 11) is 0. The summed E-state index contributed by atoms with van der Waals surface area (Å²) in [4.78, 5) is 11.4. The lowest BCUT2D eigenvalue weighted by atomic mass is 10.3. The van der Waals surface area contributed by atoms with Gasteiger partial charge in [-0.2, -0.15) is 0 Å². The van der Waals surface area contributed by atoms with Crippen LogP contribution in [0.4, 0.5) is 5.69 Å². The highest BCUT2D eigenvalue weighted by Gasteiger charge is 2.04. The molecule has 0 aliphatic carbocycles. The fourth-order valence-electron chi connectivity index (χ4n) is 1.02. The minimum Gasteiger partial charge on any atom is -0.324 e. The van der Waals surface area contributed by atoms with Crippen LogP contribution in [0.25, 0.3) is 0 Å². The molecule has 0 fully saturated rings. The van der Waals surface area contributed by atoms with Gasteiger partial charge in [0.1, 0.15) is 0 Å². The number of halogens is 2. The van der Waals surface area contributed by atoms with Crippen LogP contribution in [0, 0.1) is 3.57 Å². The van der Waals surface area contributed by atoms with Crippen molar-refractivity contribution in [1.29, 1.82) is 0 Å². The highest BCUT2D eigenvalue weighted by molar-refractivity contribution is 14.1. The van der Waals surface area contributed by atoms with E-state index in [1.54, 1.807) is 12.1 Å². The lowest BCUT2D eigenvalue weighted by Gasteiger charge is -2.07. The van der Waals surface area contributed by atoms with Crippen LogP contribution in [0.5, 0.6) is 0 Å². The van der Waals surface area contributed by atoms with E-state index in [9.17, 15) is 4.79 Å². The molecule has 82 valence electrons. The summed E-state index contributed by atoms with van der Waals surface area (Å²) in [6.07, 6.45) is 0. The third-order valence-corrected chi connectivity index (χ3v) is 2.87. The van der Waals surface area contributed by atoms with Gasteiger partial charge < -0.3 is 10.6 Å². The fourth-order valence-corrected chi connectivity index (χ4v) is 2.03. The third-order valence-electron chi connectivity index (χ3n) is 1.74. The van der Waals surface area contributed by atoms with E-state index in [-0.39, 0.29) is 5.91 Å². The molecule has 1 rings (SSSR count). The summed E-state index contributed by atoms with van der Waals surface area (Å²) >= 11 is 7.94. The third kappa shape index (κ3) is 4.36. The molecule has 1 aromatic rings. The van der Waals surface area contributed by atoms with Gasteiger partial charge in [0.2, 0.25) is 5.91 Å². The number of benzene rings is 1. The number of hydrogen-bond acceptors (Lipinski definition) is 2. The molecule has 3 nitrogen and oxygen atoms in total. The maximum Gasteiger partial charge on any atom is 0.238 e. The molecule has 1 aromatic carbocycles. The molecule has 5 heteroatoms. The van der Waals surface area contributed by atoms with Crippen LogP contribution >= 0.6 is 34.2 Å². The van der Waals surface area contributed by atoms with E-state index in [1.807, 2.05) is 13.0 Å². The predicted molar refractivity (Wildman–Crippen MR) is 71.3 cm³/mol. The van der Waals surface area contributed by atoms with Crippen LogP contribution in [0.3, 0.4) is 0 Å². The van der Waals surface area contributed by atoms with Gasteiger partial charge >= 0.3 is 0 Å². The molecule has 0 heterocycles. The van der Waals surface area contributed by atoms with E-state index in [0.29, 0.717) is 11.6 Å². The van der Waals surface area contributed by atoms with E-state index < -0.39 is 0 Å². The summed E-state index contributed by atoms with van der Waals surface area (Å²) in [5.74, 6) is -0.0444. The van der Waals surface area contributed by atoms with E-state index in [2.05, 4.69) is 33.2 Å². The first-order chi connectivity index (χ1) is 7.13. The van der Waals surface area contributed by atoms with Crippen LogP contribution in [0.2, 0.25) is 5.02 Å². The van der Waals surface area contributed by atoms with Gasteiger partial charge in [0, 0.05) is 8.59 Å². The summed E-state index contributed by atoms with van der Waals surface area (Å²) in [6, 6.07) is 5.37. The van der Waals surface area contributed by atoms with Crippen molar-refractivity contribution >= 4 is 45.8 Å². The Morgan fingerprint density at radius 2 is 2.27 bits per heavy atom. The molecular weight excluding hydrogens is 326 g/mol. The number of likely N-dealkylation sites (N-methyl/N-ethyl adjacent to an activating group) is 1. The molecule has 0 atom stereocenters. The van der Waals surface area contributed by atoms with Crippen molar-refractivity contribution in [3.8, 4) is 0 Å². The monoisotopic (exact) mass is 338 g/mol. The minimum atomic E-state index is -0.0444. The Labute approximate surface area is 108 Å². The second-order valence-electron chi connectivity index (χ2n) is 2.95. The second kappa shape index (κ2) is 6.30. The number of carbonyl (C=O) groups excluding carboxylic acids is 1. The van der Waals surface area contributed by atoms with Gasteiger partial charge in [-0.1, -0.05) is 18.5 Å². The Balaban J connectivity index is 2.60. The number of rotatable bonds is 4. The number of carbonyl (C=O) groups is 1. The molecule has 0 unspecified atom stereocenters. The van der Waals surface area contributed by atoms with E-state index in [1.165, 1.54) is 0 Å². The first-order valence-corrected chi connectivity index (χ1v) is 6.04. The van der Waals surface area contributed by atoms with Gasteiger partial charge in [0.25, 0.3) is 0 Å². The topological polar surface area (TPSA) is 41.1 Å². The number of hydrogen-bond donors (Lipinski definition) is 2. The highest BCUT2D eigenvalue weighted by Crippen LogP contribution is 2.21. The van der Waals surface area contributed by atoms with Crippen molar-refractivity contribution < 1.29 is 4.79 Å². The van der Waals surface area contributed by atoms with Crippen LogP contribution < -0.4 is 10.6 Å². The second-order valence-corrected chi connectivity index (χ2v) is 4.55. The molecule has 0 saturated carbocycles. The Kier molecular flexibility index (Phi) is 5.35. The summed E-state index contributed by atoms with van der Waals surface area (Å²) in [5, 5.41) is 6.43. The van der Waals surface area contributed by atoms with Crippen molar-refractivity contribution in [2.45, 2.75) is 6.92 Å². The molecule has 0 aliphatic rings. The lowest BCUT2D eigenvalue weighted by molar-refractivity contribution is -0.115. The molecular formula is C10H12ClIN2O. The van der Waals surface area contributed by atoms with Crippen molar-refractivity contribution in [3.63, 3.8) is 0 Å². The van der Waals surface area contributed by atoms with Gasteiger partial charge in [-0.05, 0) is 47.3 Å². The zero-order chi connectivity index (χ0) is 11.3. The lowest BCUT2D eigenvalue weighted by Crippen LogP contribution is -2.27. The smallest absolute Gasteiger partial charge is 0.238 e. The van der Waals surface area contributed by atoms with Crippen LogP contribution in [0.15, 0.2) is 18.2 Å². The van der Waals surface area contributed by atoms with Gasteiger partial charge in [0.15, 0.2) is 0 Å². The molecule has 2 N–H and O–H groups in total. The molecule has 0 bridgehead atoms. The maximum atomic E-state index is 11.4. The highest BCUT2D eigenvalue weighted by atomic mass is 127. The SMILES string of the molecule is CCNCC(=O)Nc1ccc(Cl)cc1I. The first kappa shape index (κ1) is 12.7. The van der Waals surface area contributed by atoms with Gasteiger partial charge in [-0.15, -0.1) is 0 Å². The zero-order valence-electron chi connectivity index (χ0n) is 8.31. The molecule has 1 amide bonds. The standard InChI is InChI=1S/C10H12ClIN2O/c1-2-13-6-10(15)14-9-4-3-7(11)5-8(9)12/h3-5,13H,2,6H2,1H3,(H,14,15). The Morgan fingerprint density at radius 1 is 1.53 bits per heavy atom. The average molecular weight is 339 g/mol. The van der Waals surface area contributed by atoms with Gasteiger partial charge in [0.05, 0.1) is 12.2 Å². The van der Waals surface area contributed by atoms with Crippen molar-refractivity contribution in [2.24, 2.45) is 0 Å². The predicted octanol–water partition coefficient (Wildman–Crippen LogP) is 2.49. The quantitative estimate of drug-likeness (QED) is 0.828. The van der Waals surface area contributed by atoms with E-state index >= 15 is 0 Å². The van der Waals surface area contributed by atoms with Crippen LogP contribution in [-0.2, 0) is 4.79 Å². The van der Waals surface area contributed by atoms with Gasteiger partial charge in [-0.25, -0.2) is 0 Å². The minimum absolute atomic E-state index is 0.0444. The molecule has 0 aliphatic heterocycles. The summed E-state index contributed by atoms with van der Waals surface area (Å²) in [5.41, 5.74) is 0.794. The maximum absolute atomic E-state index is 11.4. The molecule has 0 aromatic heterocycles. The van der Waals surface area contributed by atoms with E-state index in [4.69, 9.17) is 11.6 Å². The van der Waals surface area contributed by atoms with E-state index in [0.717, 1.165) is 15.8 Å². The number of amides is 1. The largest absolute Gasteiger partial charge is 0.324 e. The molecule has 0 spiro atoms. The van der Waals surface area contributed by atoms with Crippen LogP contribution in [0.1, 0.15) is 6.92 Å². The zero-order valence-corrected chi connectivity index (χ0v) is 11.2. The average Bonchev–Trinajstić information content (AvgIpc) is 2.19. The Bertz CT molecular complexity index is 357. The van der Waals surface area contributed by atoms with Crippen LogP contribution in [-0.4, -0.2) is 19.0 Å². The number of anilines is 1. The number of nitrogens with one attached hydrogen (secondary N) is 2. The molecule has 0 saturated heterocycles. The Morgan fingerprint density at radius 3 is 2.87 bits per heavy atom. The summed E-state index contributed by atoms with van der Waals surface area (Å²) in [6.45, 7) is 3.07. The van der Waals surface area contributed by atoms with Crippen molar-refractivity contribution in [1.82, 2.24) is 5.32 Å². The summed E-state index contributed by atoms with van der Waals surface area (Å²) < 4.78 is 0.935. The Hall–Kier alpha value is -0.330. The molecule has 15 heavy (non-hydrogen) atoms.